The van der Waals surface area contributed by atoms with E-state index in [9.17, 15) is 20.1 Å². The fourth-order valence-corrected chi connectivity index (χ4v) is 5.64. The molecule has 5 heteroatoms. The average molecular weight is 634 g/mol. The number of amides is 1. The van der Waals surface area contributed by atoms with Crippen LogP contribution >= 0.6 is 0 Å². The summed E-state index contributed by atoms with van der Waals surface area (Å²) in [5, 5.41) is 33.0. The van der Waals surface area contributed by atoms with Gasteiger partial charge >= 0.3 is 0 Å². The standard InChI is InChI=1S/C40H75NO4/c1-3-5-7-9-11-13-15-16-17-18-19-20-21-22-24-25-27-29-31-33-37(43)35-40(45)41-38(36-42)39(44)34-32-30-28-26-23-14-12-10-8-6-4-2/h20-21,23,26,32,34,37-39,42-44H,3-19,22,24-25,27-31,33,35-36H2,1-2H3,(H,41,45)/b21-20-,26-23+,34-32+. The Morgan fingerprint density at radius 1 is 0.556 bits per heavy atom. The van der Waals surface area contributed by atoms with Crippen LogP contribution in [0.1, 0.15) is 187 Å². The number of rotatable bonds is 34. The zero-order valence-electron chi connectivity index (χ0n) is 29.7. The summed E-state index contributed by atoms with van der Waals surface area (Å²) in [4.78, 5) is 12.4. The number of aliphatic hydroxyl groups is 3. The van der Waals surface area contributed by atoms with Crippen LogP contribution in [0.25, 0.3) is 0 Å². The first-order valence-corrected chi connectivity index (χ1v) is 19.3. The van der Waals surface area contributed by atoms with E-state index in [1.807, 2.05) is 6.08 Å². The molecule has 1 amide bonds. The highest BCUT2D eigenvalue weighted by Gasteiger charge is 2.20. The molecule has 0 saturated heterocycles. The maximum absolute atomic E-state index is 12.4. The van der Waals surface area contributed by atoms with Crippen LogP contribution in [-0.2, 0) is 4.79 Å². The maximum atomic E-state index is 12.4. The summed E-state index contributed by atoms with van der Waals surface area (Å²) >= 11 is 0. The lowest BCUT2D eigenvalue weighted by Gasteiger charge is -2.20. The smallest absolute Gasteiger partial charge is 0.222 e. The highest BCUT2D eigenvalue weighted by atomic mass is 16.3. The Kier molecular flexibility index (Phi) is 34.3. The molecule has 0 fully saturated rings. The number of nitrogens with one attached hydrogen (secondary N) is 1. The number of carbonyl (C=O) groups excluding carboxylic acids is 1. The van der Waals surface area contributed by atoms with Crippen LogP contribution in [0.15, 0.2) is 36.5 Å². The Bertz CT molecular complexity index is 704. The molecular weight excluding hydrogens is 558 g/mol. The van der Waals surface area contributed by atoms with Crippen molar-refractivity contribution in [1.29, 1.82) is 0 Å². The van der Waals surface area contributed by atoms with Crippen molar-refractivity contribution in [2.45, 2.75) is 205 Å². The molecule has 0 rings (SSSR count). The number of allylic oxidation sites excluding steroid dienone is 5. The normalized spacial score (nSPS) is 14.2. The van der Waals surface area contributed by atoms with Gasteiger partial charge in [-0.3, -0.25) is 4.79 Å². The zero-order valence-corrected chi connectivity index (χ0v) is 29.7. The van der Waals surface area contributed by atoms with Gasteiger partial charge in [-0.25, -0.2) is 0 Å². The number of aliphatic hydroxyl groups excluding tert-OH is 3. The maximum Gasteiger partial charge on any atom is 0.222 e. The Morgan fingerprint density at radius 2 is 0.956 bits per heavy atom. The van der Waals surface area contributed by atoms with Crippen molar-refractivity contribution in [2.24, 2.45) is 0 Å². The summed E-state index contributed by atoms with van der Waals surface area (Å²) in [6, 6.07) is -0.761. The van der Waals surface area contributed by atoms with Crippen LogP contribution in [0.3, 0.4) is 0 Å². The van der Waals surface area contributed by atoms with Crippen molar-refractivity contribution >= 4 is 5.91 Å². The van der Waals surface area contributed by atoms with E-state index in [0.29, 0.717) is 6.42 Å². The molecule has 0 aliphatic rings. The quantitative estimate of drug-likeness (QED) is 0.0419. The largest absolute Gasteiger partial charge is 0.394 e. The summed E-state index contributed by atoms with van der Waals surface area (Å²) in [6.45, 7) is 4.16. The molecule has 45 heavy (non-hydrogen) atoms. The third kappa shape index (κ3) is 32.3. The molecule has 0 aromatic heterocycles. The summed E-state index contributed by atoms with van der Waals surface area (Å²) in [7, 11) is 0. The Hall–Kier alpha value is -1.43. The summed E-state index contributed by atoms with van der Waals surface area (Å²) in [5.74, 6) is -0.333. The van der Waals surface area contributed by atoms with Crippen molar-refractivity contribution in [1.82, 2.24) is 5.32 Å². The van der Waals surface area contributed by atoms with Gasteiger partial charge in [-0.2, -0.15) is 0 Å². The highest BCUT2D eigenvalue weighted by molar-refractivity contribution is 5.76. The molecule has 0 radical (unpaired) electrons. The van der Waals surface area contributed by atoms with Gasteiger partial charge in [-0.1, -0.05) is 159 Å². The number of hydrogen-bond donors (Lipinski definition) is 4. The Labute approximate surface area is 279 Å². The topological polar surface area (TPSA) is 89.8 Å². The minimum atomic E-state index is -0.951. The second-order valence-corrected chi connectivity index (χ2v) is 13.2. The third-order valence-corrected chi connectivity index (χ3v) is 8.65. The SMILES string of the molecule is CCCCCCC/C=C/CC/C=C/C(O)C(CO)NC(=O)CC(O)CCCCCCC/C=C\CCCCCCCCCCCC. The van der Waals surface area contributed by atoms with Gasteiger partial charge in [-0.05, 0) is 57.8 Å². The first-order valence-electron chi connectivity index (χ1n) is 19.3. The van der Waals surface area contributed by atoms with E-state index in [0.717, 1.165) is 44.9 Å². The molecule has 4 N–H and O–H groups in total. The fraction of sp³-hybridized carbons (Fsp3) is 0.825. The van der Waals surface area contributed by atoms with E-state index >= 15 is 0 Å². The molecule has 5 nitrogen and oxygen atoms in total. The Morgan fingerprint density at radius 3 is 1.42 bits per heavy atom. The van der Waals surface area contributed by atoms with Crippen LogP contribution in [-0.4, -0.2) is 46.1 Å². The molecule has 0 aromatic carbocycles. The van der Waals surface area contributed by atoms with Gasteiger partial charge in [0.05, 0.1) is 31.3 Å². The minimum absolute atomic E-state index is 0.0000153. The summed E-state index contributed by atoms with van der Waals surface area (Å²) in [6.07, 6.45) is 42.8. The molecule has 0 heterocycles. The molecule has 0 spiro atoms. The van der Waals surface area contributed by atoms with E-state index in [1.165, 1.54) is 116 Å². The molecule has 0 bridgehead atoms. The predicted octanol–water partition coefficient (Wildman–Crippen LogP) is 10.4. The van der Waals surface area contributed by atoms with E-state index in [1.54, 1.807) is 6.08 Å². The second-order valence-electron chi connectivity index (χ2n) is 13.2. The summed E-state index contributed by atoms with van der Waals surface area (Å²) in [5.41, 5.74) is 0. The van der Waals surface area contributed by atoms with Gasteiger partial charge in [0, 0.05) is 0 Å². The van der Waals surface area contributed by atoms with E-state index in [-0.39, 0.29) is 18.9 Å². The minimum Gasteiger partial charge on any atom is -0.394 e. The first kappa shape index (κ1) is 43.6. The van der Waals surface area contributed by atoms with Crippen molar-refractivity contribution in [2.75, 3.05) is 6.61 Å². The lowest BCUT2D eigenvalue weighted by atomic mass is 10.0. The molecule has 0 aliphatic heterocycles. The van der Waals surface area contributed by atoms with Crippen molar-refractivity contribution < 1.29 is 20.1 Å². The van der Waals surface area contributed by atoms with Crippen molar-refractivity contribution in [3.63, 3.8) is 0 Å². The van der Waals surface area contributed by atoms with Crippen LogP contribution in [0.4, 0.5) is 0 Å². The fourth-order valence-electron chi connectivity index (χ4n) is 5.64. The third-order valence-electron chi connectivity index (χ3n) is 8.65. The highest BCUT2D eigenvalue weighted by Crippen LogP contribution is 2.13. The number of hydrogen-bond acceptors (Lipinski definition) is 4. The number of unbranched alkanes of at least 4 members (excludes halogenated alkanes) is 21. The average Bonchev–Trinajstić information content (AvgIpc) is 3.03. The van der Waals surface area contributed by atoms with Crippen LogP contribution in [0.2, 0.25) is 0 Å². The molecule has 3 atom stereocenters. The van der Waals surface area contributed by atoms with E-state index in [4.69, 9.17) is 0 Å². The zero-order chi connectivity index (χ0) is 33.1. The lowest BCUT2D eigenvalue weighted by molar-refractivity contribution is -0.124. The van der Waals surface area contributed by atoms with Gasteiger partial charge in [0.25, 0.3) is 0 Å². The Balaban J connectivity index is 3.73. The van der Waals surface area contributed by atoms with Gasteiger partial charge < -0.3 is 20.6 Å². The molecule has 3 unspecified atom stereocenters. The van der Waals surface area contributed by atoms with Gasteiger partial charge in [-0.15, -0.1) is 0 Å². The predicted molar refractivity (Wildman–Crippen MR) is 194 cm³/mol. The van der Waals surface area contributed by atoms with Crippen molar-refractivity contribution in [3.05, 3.63) is 36.5 Å². The van der Waals surface area contributed by atoms with E-state index < -0.39 is 18.2 Å². The molecule has 0 saturated carbocycles. The second kappa shape index (κ2) is 35.4. The monoisotopic (exact) mass is 634 g/mol. The molecule has 264 valence electrons. The number of carbonyl (C=O) groups is 1. The van der Waals surface area contributed by atoms with Crippen LogP contribution in [0, 0.1) is 0 Å². The first-order chi connectivity index (χ1) is 22.0. The van der Waals surface area contributed by atoms with Gasteiger partial charge in [0.2, 0.25) is 5.91 Å². The summed E-state index contributed by atoms with van der Waals surface area (Å²) < 4.78 is 0. The van der Waals surface area contributed by atoms with Crippen LogP contribution in [0.5, 0.6) is 0 Å². The van der Waals surface area contributed by atoms with Gasteiger partial charge in [0.1, 0.15) is 0 Å². The molecule has 0 aliphatic carbocycles. The molecule has 0 aromatic rings. The van der Waals surface area contributed by atoms with Crippen LogP contribution < -0.4 is 5.32 Å². The van der Waals surface area contributed by atoms with E-state index in [2.05, 4.69) is 43.5 Å². The van der Waals surface area contributed by atoms with Gasteiger partial charge in [0.15, 0.2) is 0 Å². The lowest BCUT2D eigenvalue weighted by Crippen LogP contribution is -2.45. The van der Waals surface area contributed by atoms with Crippen molar-refractivity contribution in [3.8, 4) is 0 Å². The molecular formula is C40H75NO4.